The van der Waals surface area contributed by atoms with Crippen LogP contribution >= 0.6 is 0 Å². The van der Waals surface area contributed by atoms with Gasteiger partial charge in [-0.15, -0.1) is 0 Å². The number of anilines is 2. The van der Waals surface area contributed by atoms with Crippen molar-refractivity contribution in [1.82, 2.24) is 4.31 Å². The zero-order valence-electron chi connectivity index (χ0n) is 19.3. The van der Waals surface area contributed by atoms with Crippen LogP contribution in [0.15, 0.2) is 76.2 Å². The van der Waals surface area contributed by atoms with E-state index in [2.05, 4.69) is 10.6 Å². The van der Waals surface area contributed by atoms with E-state index in [1.165, 1.54) is 22.7 Å². The van der Waals surface area contributed by atoms with Crippen LogP contribution in [-0.4, -0.2) is 43.7 Å². The Hall–Kier alpha value is -3.63. The van der Waals surface area contributed by atoms with Crippen LogP contribution in [-0.2, 0) is 14.8 Å². The van der Waals surface area contributed by atoms with Crippen molar-refractivity contribution in [3.05, 3.63) is 72.7 Å². The minimum absolute atomic E-state index is 0.202. The van der Waals surface area contributed by atoms with Gasteiger partial charge in [0.25, 0.3) is 11.8 Å². The maximum Gasteiger partial charge on any atom is 0.291 e. The third-order valence-corrected chi connectivity index (χ3v) is 7.53. The van der Waals surface area contributed by atoms with Crippen molar-refractivity contribution < 1.29 is 27.2 Å². The first-order valence-electron chi connectivity index (χ1n) is 11.4. The normalized spacial score (nSPS) is 15.2. The lowest BCUT2D eigenvalue weighted by atomic mass is 10.2. The number of benzene rings is 2. The molecule has 10 heteroatoms. The van der Waals surface area contributed by atoms with Gasteiger partial charge < -0.3 is 19.8 Å². The second-order valence-electron chi connectivity index (χ2n) is 8.19. The molecule has 2 heterocycles. The number of carbonyl (C=O) groups is 2. The van der Waals surface area contributed by atoms with Crippen molar-refractivity contribution in [3.63, 3.8) is 0 Å². The van der Waals surface area contributed by atoms with Crippen LogP contribution < -0.4 is 15.4 Å². The van der Waals surface area contributed by atoms with Gasteiger partial charge >= 0.3 is 0 Å². The van der Waals surface area contributed by atoms with Gasteiger partial charge in [-0.25, -0.2) is 8.42 Å². The molecule has 2 aromatic carbocycles. The van der Waals surface area contributed by atoms with Crippen LogP contribution in [0.2, 0.25) is 0 Å². The van der Waals surface area contributed by atoms with Crippen LogP contribution in [0.3, 0.4) is 0 Å². The number of carbonyl (C=O) groups excluding carboxylic acids is 2. The smallest absolute Gasteiger partial charge is 0.291 e. The highest BCUT2D eigenvalue weighted by Crippen LogP contribution is 2.23. The number of nitrogens with zero attached hydrogens (tertiary/aromatic N) is 1. The van der Waals surface area contributed by atoms with Gasteiger partial charge in [-0.3, -0.25) is 9.59 Å². The summed E-state index contributed by atoms with van der Waals surface area (Å²) in [5.41, 5.74) is 1.02. The van der Waals surface area contributed by atoms with E-state index in [1.807, 2.05) is 0 Å². The highest BCUT2D eigenvalue weighted by molar-refractivity contribution is 7.89. The number of hydrogen-bond donors (Lipinski definition) is 2. The molecule has 1 fully saturated rings. The molecule has 1 aliphatic heterocycles. The van der Waals surface area contributed by atoms with E-state index in [4.69, 9.17) is 9.15 Å². The Balaban J connectivity index is 1.30. The molecule has 0 bridgehead atoms. The van der Waals surface area contributed by atoms with E-state index in [-0.39, 0.29) is 22.5 Å². The van der Waals surface area contributed by atoms with E-state index < -0.39 is 16.1 Å². The van der Waals surface area contributed by atoms with Crippen molar-refractivity contribution in [2.24, 2.45) is 0 Å². The zero-order chi connectivity index (χ0) is 24.8. The fourth-order valence-electron chi connectivity index (χ4n) is 3.68. The van der Waals surface area contributed by atoms with Crippen LogP contribution in [0, 0.1) is 0 Å². The third kappa shape index (κ3) is 6.09. The quantitative estimate of drug-likeness (QED) is 0.484. The van der Waals surface area contributed by atoms with Crippen molar-refractivity contribution in [1.29, 1.82) is 0 Å². The first-order chi connectivity index (χ1) is 16.8. The Morgan fingerprint density at radius 2 is 1.54 bits per heavy atom. The topological polar surface area (TPSA) is 118 Å². The molecular weight excluding hydrogens is 470 g/mol. The number of sulfonamides is 1. The molecule has 3 aromatic rings. The molecular formula is C25H27N3O6S. The van der Waals surface area contributed by atoms with Crippen LogP contribution in [0.5, 0.6) is 5.75 Å². The van der Waals surface area contributed by atoms with Crippen molar-refractivity contribution in [2.75, 3.05) is 23.7 Å². The molecule has 1 aromatic heterocycles. The average Bonchev–Trinajstić information content (AvgIpc) is 3.41. The first kappa shape index (κ1) is 24.5. The average molecular weight is 498 g/mol. The van der Waals surface area contributed by atoms with Crippen molar-refractivity contribution in [2.45, 2.75) is 37.2 Å². The molecule has 0 spiro atoms. The Kier molecular flexibility index (Phi) is 7.52. The monoisotopic (exact) mass is 497 g/mol. The van der Waals surface area contributed by atoms with Crippen LogP contribution in [0.25, 0.3) is 0 Å². The Morgan fingerprint density at radius 3 is 2.17 bits per heavy atom. The Labute approximate surface area is 204 Å². The summed E-state index contributed by atoms with van der Waals surface area (Å²) in [5.74, 6) is -0.0997. The third-order valence-electron chi connectivity index (χ3n) is 5.61. The van der Waals surface area contributed by atoms with Crippen LogP contribution in [0.4, 0.5) is 11.4 Å². The summed E-state index contributed by atoms with van der Waals surface area (Å²) in [6, 6.07) is 15.9. The molecule has 0 saturated carbocycles. The fraction of sp³-hybridized carbons (Fsp3) is 0.280. The first-order valence-corrected chi connectivity index (χ1v) is 12.8. The van der Waals surface area contributed by atoms with Gasteiger partial charge in [-0.05, 0) is 80.4 Å². The van der Waals surface area contributed by atoms with Gasteiger partial charge in [-0.1, -0.05) is 6.42 Å². The van der Waals surface area contributed by atoms with E-state index in [0.717, 1.165) is 19.3 Å². The second kappa shape index (κ2) is 10.7. The maximum atomic E-state index is 12.8. The number of rotatable bonds is 8. The number of piperidine rings is 1. The van der Waals surface area contributed by atoms with Crippen molar-refractivity contribution in [3.8, 4) is 5.75 Å². The Bertz CT molecular complexity index is 1250. The zero-order valence-corrected chi connectivity index (χ0v) is 20.1. The standard InChI is InChI=1S/C25H27N3O6S/c1-18(34-21-11-7-19(8-12-21)27-25(30)23-6-5-17-33-23)24(29)26-20-9-13-22(14-10-20)35(31,32)28-15-3-2-4-16-28/h5-14,17-18H,2-4,15-16H2,1H3,(H,26,29)(H,27,30)/t18-/m1/s1. The minimum Gasteiger partial charge on any atom is -0.481 e. The molecule has 0 unspecified atom stereocenters. The summed E-state index contributed by atoms with van der Waals surface area (Å²) >= 11 is 0. The molecule has 0 radical (unpaired) electrons. The number of nitrogens with one attached hydrogen (secondary N) is 2. The molecule has 9 nitrogen and oxygen atoms in total. The molecule has 1 aliphatic rings. The minimum atomic E-state index is -3.52. The summed E-state index contributed by atoms with van der Waals surface area (Å²) in [5, 5.41) is 5.44. The maximum absolute atomic E-state index is 12.8. The summed E-state index contributed by atoms with van der Waals surface area (Å²) in [6.45, 7) is 2.68. The molecule has 35 heavy (non-hydrogen) atoms. The fourth-order valence-corrected chi connectivity index (χ4v) is 5.20. The predicted molar refractivity (Wildman–Crippen MR) is 131 cm³/mol. The largest absolute Gasteiger partial charge is 0.481 e. The summed E-state index contributed by atoms with van der Waals surface area (Å²) in [4.78, 5) is 24.8. The lowest BCUT2D eigenvalue weighted by molar-refractivity contribution is -0.122. The second-order valence-corrected chi connectivity index (χ2v) is 10.1. The summed E-state index contributed by atoms with van der Waals surface area (Å²) < 4.78 is 37.8. The molecule has 0 aliphatic carbocycles. The number of furan rings is 1. The van der Waals surface area contributed by atoms with Crippen molar-refractivity contribution >= 4 is 33.2 Å². The number of hydrogen-bond acceptors (Lipinski definition) is 6. The lowest BCUT2D eigenvalue weighted by Crippen LogP contribution is -2.35. The van der Waals surface area contributed by atoms with Gasteiger partial charge in [0.2, 0.25) is 10.0 Å². The number of ether oxygens (including phenoxy) is 1. The SMILES string of the molecule is C[C@@H](Oc1ccc(NC(=O)c2ccco2)cc1)C(=O)Nc1ccc(S(=O)(=O)N2CCCCC2)cc1. The molecule has 184 valence electrons. The van der Waals surface area contributed by atoms with Gasteiger partial charge in [-0.2, -0.15) is 4.31 Å². The Morgan fingerprint density at radius 1 is 0.914 bits per heavy atom. The molecule has 1 atom stereocenters. The van der Waals surface area contributed by atoms with E-state index >= 15 is 0 Å². The van der Waals surface area contributed by atoms with Gasteiger partial charge in [0.1, 0.15) is 5.75 Å². The lowest BCUT2D eigenvalue weighted by Gasteiger charge is -2.25. The molecule has 2 N–H and O–H groups in total. The highest BCUT2D eigenvalue weighted by atomic mass is 32.2. The predicted octanol–water partition coefficient (Wildman–Crippen LogP) is 4.11. The molecule has 2 amide bonds. The number of amides is 2. The molecule has 1 saturated heterocycles. The summed E-state index contributed by atoms with van der Waals surface area (Å²) in [6.07, 6.45) is 3.39. The molecule has 4 rings (SSSR count). The van der Waals surface area contributed by atoms with E-state index in [0.29, 0.717) is 30.2 Å². The van der Waals surface area contributed by atoms with Gasteiger partial charge in [0, 0.05) is 24.5 Å². The van der Waals surface area contributed by atoms with Crippen LogP contribution in [0.1, 0.15) is 36.7 Å². The summed E-state index contributed by atoms with van der Waals surface area (Å²) in [7, 11) is -3.52. The van der Waals surface area contributed by atoms with Gasteiger partial charge in [0.15, 0.2) is 11.9 Å². The van der Waals surface area contributed by atoms with E-state index in [1.54, 1.807) is 55.5 Å². The highest BCUT2D eigenvalue weighted by Gasteiger charge is 2.26. The van der Waals surface area contributed by atoms with E-state index in [9.17, 15) is 18.0 Å². The van der Waals surface area contributed by atoms with Gasteiger partial charge in [0.05, 0.1) is 11.2 Å².